The average molecular weight is 360 g/mol. The molecular weight excluding hydrogens is 328 g/mol. The molecule has 3 rings (SSSR count). The third-order valence-electron chi connectivity index (χ3n) is 5.71. The first-order chi connectivity index (χ1) is 12.7. The van der Waals surface area contributed by atoms with Crippen molar-refractivity contribution in [2.24, 2.45) is 0 Å². The van der Waals surface area contributed by atoms with Crippen molar-refractivity contribution in [1.82, 2.24) is 4.90 Å². The lowest BCUT2D eigenvalue weighted by atomic mass is 9.94. The maximum Gasteiger partial charge on any atom is 0.248 e. The van der Waals surface area contributed by atoms with Crippen molar-refractivity contribution in [3.05, 3.63) is 24.3 Å². The predicted octanol–water partition coefficient (Wildman–Crippen LogP) is 3.84. The number of ether oxygens (including phenoxy) is 2. The first kappa shape index (κ1) is 19.0. The average Bonchev–Trinajstić information content (AvgIpc) is 3.16. The summed E-state index contributed by atoms with van der Waals surface area (Å²) in [7, 11) is 1.66. The van der Waals surface area contributed by atoms with E-state index in [1.165, 1.54) is 6.42 Å². The molecule has 5 nitrogen and oxygen atoms in total. The summed E-state index contributed by atoms with van der Waals surface area (Å²) in [6.07, 6.45) is 7.54. The van der Waals surface area contributed by atoms with Crippen LogP contribution >= 0.6 is 0 Å². The molecule has 144 valence electrons. The summed E-state index contributed by atoms with van der Waals surface area (Å²) >= 11 is 0. The topological polar surface area (TPSA) is 50.8 Å². The molecule has 26 heavy (non-hydrogen) atoms. The first-order valence-corrected chi connectivity index (χ1v) is 10.00. The zero-order valence-electron chi connectivity index (χ0n) is 16.1. The Hall–Kier alpha value is -1.75. The predicted molar refractivity (Wildman–Crippen MR) is 104 cm³/mol. The van der Waals surface area contributed by atoms with Crippen LogP contribution in [0.2, 0.25) is 0 Å². The van der Waals surface area contributed by atoms with Crippen molar-refractivity contribution in [2.45, 2.75) is 63.5 Å². The largest absolute Gasteiger partial charge is 0.497 e. The lowest BCUT2D eigenvalue weighted by molar-refractivity contribution is -0.138. The Morgan fingerprint density at radius 2 is 1.96 bits per heavy atom. The molecule has 2 aliphatic rings. The van der Waals surface area contributed by atoms with Crippen LogP contribution in [0.5, 0.6) is 5.75 Å². The summed E-state index contributed by atoms with van der Waals surface area (Å²) in [6, 6.07) is 7.85. The van der Waals surface area contributed by atoms with Gasteiger partial charge in [-0.1, -0.05) is 12.8 Å². The van der Waals surface area contributed by atoms with Gasteiger partial charge in [-0.2, -0.15) is 0 Å². The monoisotopic (exact) mass is 360 g/mol. The number of anilines is 1. The van der Waals surface area contributed by atoms with Gasteiger partial charge in [-0.15, -0.1) is 0 Å². The normalized spacial score (nSPS) is 22.0. The summed E-state index contributed by atoms with van der Waals surface area (Å²) in [4.78, 5) is 15.5. The quantitative estimate of drug-likeness (QED) is 0.803. The highest BCUT2D eigenvalue weighted by Crippen LogP contribution is 2.35. The fraction of sp³-hybridized carbons (Fsp3) is 0.667. The van der Waals surface area contributed by atoms with E-state index in [0.717, 1.165) is 63.1 Å². The van der Waals surface area contributed by atoms with Gasteiger partial charge in [0.1, 0.15) is 11.3 Å². The van der Waals surface area contributed by atoms with E-state index < -0.39 is 5.54 Å². The molecule has 1 saturated heterocycles. The van der Waals surface area contributed by atoms with Crippen LogP contribution in [0.15, 0.2) is 24.3 Å². The highest BCUT2D eigenvalue weighted by atomic mass is 16.5. The molecular formula is C21H32N2O3. The number of methoxy groups -OCH3 is 1. The summed E-state index contributed by atoms with van der Waals surface area (Å²) < 4.78 is 11.1. The number of rotatable bonds is 7. The Kier molecular flexibility index (Phi) is 6.41. The van der Waals surface area contributed by atoms with Gasteiger partial charge in [-0.05, 0) is 63.3 Å². The maximum atomic E-state index is 13.5. The number of hydrogen-bond acceptors (Lipinski definition) is 4. The second-order valence-electron chi connectivity index (χ2n) is 7.48. The van der Waals surface area contributed by atoms with Gasteiger partial charge in [0.05, 0.1) is 13.2 Å². The van der Waals surface area contributed by atoms with E-state index >= 15 is 0 Å². The molecule has 2 fully saturated rings. The van der Waals surface area contributed by atoms with Crippen LogP contribution in [0.1, 0.15) is 51.9 Å². The van der Waals surface area contributed by atoms with Crippen LogP contribution in [-0.2, 0) is 9.53 Å². The lowest BCUT2D eigenvalue weighted by Gasteiger charge is -2.37. The molecule has 1 aliphatic carbocycles. The molecule has 1 heterocycles. The van der Waals surface area contributed by atoms with Crippen LogP contribution in [-0.4, -0.2) is 49.3 Å². The molecule has 1 saturated carbocycles. The summed E-state index contributed by atoms with van der Waals surface area (Å²) in [6.45, 7) is 4.33. The maximum absolute atomic E-state index is 13.5. The fourth-order valence-electron chi connectivity index (χ4n) is 4.18. The molecule has 1 aromatic carbocycles. The minimum Gasteiger partial charge on any atom is -0.497 e. The Bertz CT molecular complexity index is 575. The Labute approximate surface area is 157 Å². The molecule has 1 amide bonds. The van der Waals surface area contributed by atoms with Crippen molar-refractivity contribution in [1.29, 1.82) is 0 Å². The van der Waals surface area contributed by atoms with Crippen molar-refractivity contribution in [3.63, 3.8) is 0 Å². The molecule has 1 N–H and O–H groups in total. The van der Waals surface area contributed by atoms with E-state index in [2.05, 4.69) is 12.2 Å². The van der Waals surface area contributed by atoms with Gasteiger partial charge in [0.15, 0.2) is 0 Å². The minimum absolute atomic E-state index is 0.187. The third kappa shape index (κ3) is 4.32. The zero-order valence-corrected chi connectivity index (χ0v) is 16.1. The first-order valence-electron chi connectivity index (χ1n) is 10.00. The zero-order chi connectivity index (χ0) is 18.4. The molecule has 1 aromatic rings. The standard InChI is InChI=1S/C21H32N2O3/c1-3-23(16-19-8-4-7-15-26-19)20(24)21(13-5-6-14-21)22-17-9-11-18(25-2)12-10-17/h9-12,19,22H,3-8,13-16H2,1-2H3. The molecule has 1 atom stereocenters. The number of amides is 1. The van der Waals surface area contributed by atoms with Crippen LogP contribution < -0.4 is 10.1 Å². The molecule has 0 spiro atoms. The Balaban J connectivity index is 1.72. The van der Waals surface area contributed by atoms with E-state index in [9.17, 15) is 4.79 Å². The van der Waals surface area contributed by atoms with Gasteiger partial charge < -0.3 is 19.7 Å². The Morgan fingerprint density at radius 3 is 2.54 bits per heavy atom. The number of nitrogens with one attached hydrogen (secondary N) is 1. The van der Waals surface area contributed by atoms with E-state index in [1.54, 1.807) is 7.11 Å². The SMILES string of the molecule is CCN(CC1CCCCO1)C(=O)C1(Nc2ccc(OC)cc2)CCCC1. The van der Waals surface area contributed by atoms with Crippen LogP contribution in [0.3, 0.4) is 0 Å². The number of hydrogen-bond donors (Lipinski definition) is 1. The van der Waals surface area contributed by atoms with Crippen LogP contribution in [0.4, 0.5) is 5.69 Å². The molecule has 1 aliphatic heterocycles. The van der Waals surface area contributed by atoms with E-state index in [4.69, 9.17) is 9.47 Å². The highest BCUT2D eigenvalue weighted by Gasteiger charge is 2.43. The number of nitrogens with zero attached hydrogens (tertiary/aromatic N) is 1. The second kappa shape index (κ2) is 8.76. The van der Waals surface area contributed by atoms with Crippen molar-refractivity contribution >= 4 is 11.6 Å². The number of benzene rings is 1. The van der Waals surface area contributed by atoms with Gasteiger partial charge in [-0.3, -0.25) is 4.79 Å². The summed E-state index contributed by atoms with van der Waals surface area (Å²) in [5.41, 5.74) is 0.491. The van der Waals surface area contributed by atoms with Gasteiger partial charge in [0.2, 0.25) is 5.91 Å². The van der Waals surface area contributed by atoms with E-state index in [1.807, 2.05) is 29.2 Å². The molecule has 0 radical (unpaired) electrons. The summed E-state index contributed by atoms with van der Waals surface area (Å²) in [5.74, 6) is 1.05. The molecule has 0 aromatic heterocycles. The third-order valence-corrected chi connectivity index (χ3v) is 5.71. The second-order valence-corrected chi connectivity index (χ2v) is 7.48. The van der Waals surface area contributed by atoms with Gasteiger partial charge in [0.25, 0.3) is 0 Å². The van der Waals surface area contributed by atoms with Crippen molar-refractivity contribution < 1.29 is 14.3 Å². The Morgan fingerprint density at radius 1 is 1.23 bits per heavy atom. The van der Waals surface area contributed by atoms with E-state index in [-0.39, 0.29) is 12.0 Å². The van der Waals surface area contributed by atoms with Gasteiger partial charge >= 0.3 is 0 Å². The lowest BCUT2D eigenvalue weighted by Crippen LogP contribution is -2.54. The van der Waals surface area contributed by atoms with E-state index in [0.29, 0.717) is 6.54 Å². The molecule has 0 bridgehead atoms. The highest BCUT2D eigenvalue weighted by molar-refractivity contribution is 5.90. The van der Waals surface area contributed by atoms with Gasteiger partial charge in [0, 0.05) is 25.4 Å². The number of carbonyl (C=O) groups is 1. The molecule has 5 heteroatoms. The van der Waals surface area contributed by atoms with Crippen LogP contribution in [0.25, 0.3) is 0 Å². The minimum atomic E-state index is -0.487. The number of likely N-dealkylation sites (N-methyl/N-ethyl adjacent to an activating group) is 1. The summed E-state index contributed by atoms with van der Waals surface area (Å²) in [5, 5.41) is 3.57. The fourth-order valence-corrected chi connectivity index (χ4v) is 4.18. The van der Waals surface area contributed by atoms with Gasteiger partial charge in [-0.25, -0.2) is 0 Å². The number of carbonyl (C=O) groups excluding carboxylic acids is 1. The van der Waals surface area contributed by atoms with Crippen molar-refractivity contribution in [3.8, 4) is 5.75 Å². The molecule has 1 unspecified atom stereocenters. The van der Waals surface area contributed by atoms with Crippen molar-refractivity contribution in [2.75, 3.05) is 32.1 Å². The van der Waals surface area contributed by atoms with Crippen LogP contribution in [0, 0.1) is 0 Å². The smallest absolute Gasteiger partial charge is 0.248 e.